The topological polar surface area (TPSA) is 119 Å². The van der Waals surface area contributed by atoms with E-state index < -0.39 is 20.0 Å². The summed E-state index contributed by atoms with van der Waals surface area (Å²) < 4.78 is 54.5. The smallest absolute Gasteiger partial charge is 0.253 e. The minimum absolute atomic E-state index is 0.0174. The molecule has 0 atom stereocenters. The Balaban J connectivity index is 1.74. The van der Waals surface area contributed by atoms with Crippen LogP contribution in [0.4, 0.5) is 0 Å². The van der Waals surface area contributed by atoms with Crippen LogP contribution in [0.15, 0.2) is 58.3 Å². The van der Waals surface area contributed by atoms with E-state index in [1.165, 1.54) is 45.0 Å². The minimum atomic E-state index is -3.92. The highest BCUT2D eigenvalue weighted by Crippen LogP contribution is 2.24. The second-order valence-corrected chi connectivity index (χ2v) is 11.3. The van der Waals surface area contributed by atoms with Crippen molar-refractivity contribution in [2.75, 3.05) is 39.3 Å². The van der Waals surface area contributed by atoms with Gasteiger partial charge >= 0.3 is 0 Å². The lowest BCUT2D eigenvalue weighted by atomic mass is 10.2. The van der Waals surface area contributed by atoms with Crippen molar-refractivity contribution in [3.63, 3.8) is 0 Å². The van der Waals surface area contributed by atoms with Gasteiger partial charge < -0.3 is 4.90 Å². The number of carbonyl (C=O) groups is 1. The Bertz CT molecular complexity index is 1260. The quantitative estimate of drug-likeness (QED) is 0.583. The molecule has 11 heteroatoms. The first kappa shape index (κ1) is 24.9. The first-order chi connectivity index (χ1) is 15.7. The molecule has 1 amide bonds. The predicted molar refractivity (Wildman–Crippen MR) is 122 cm³/mol. The molecule has 0 spiro atoms. The molecule has 1 aliphatic heterocycles. The number of benzene rings is 2. The number of rotatable bonds is 7. The van der Waals surface area contributed by atoms with Gasteiger partial charge in [-0.1, -0.05) is 12.1 Å². The highest BCUT2D eigenvalue weighted by Gasteiger charge is 2.34. The van der Waals surface area contributed by atoms with E-state index in [0.29, 0.717) is 18.7 Å². The average Bonchev–Trinajstić information content (AvgIpc) is 2.84. The Morgan fingerprint density at radius 2 is 1.39 bits per heavy atom. The van der Waals surface area contributed by atoms with Gasteiger partial charge in [-0.15, -0.1) is 0 Å². The molecule has 2 aromatic carbocycles. The summed E-state index contributed by atoms with van der Waals surface area (Å²) in [6, 6.07) is 13.6. The van der Waals surface area contributed by atoms with Crippen molar-refractivity contribution < 1.29 is 21.6 Å². The van der Waals surface area contributed by atoms with E-state index in [1.807, 2.05) is 19.9 Å². The SMILES string of the molecule is CCN(CC)C(=O)c1ccc(S(=O)(=O)N2CCN(S(=O)(=O)c3ccccc3C#N)CC2)cc1. The molecule has 1 heterocycles. The summed E-state index contributed by atoms with van der Waals surface area (Å²) >= 11 is 0. The van der Waals surface area contributed by atoms with Gasteiger partial charge in [-0.05, 0) is 50.2 Å². The zero-order chi connectivity index (χ0) is 24.2. The Labute approximate surface area is 194 Å². The summed E-state index contributed by atoms with van der Waals surface area (Å²) in [5.74, 6) is -0.166. The third-order valence-corrected chi connectivity index (χ3v) is 9.48. The Morgan fingerprint density at radius 3 is 1.91 bits per heavy atom. The standard InChI is InChI=1S/C22H26N4O5S2/c1-3-24(4-2)22(27)18-9-11-20(12-10-18)32(28,29)25-13-15-26(16-14-25)33(30,31)21-8-6-5-7-19(21)17-23/h5-12H,3-4,13-16H2,1-2H3. The van der Waals surface area contributed by atoms with Crippen LogP contribution in [0.5, 0.6) is 0 Å². The molecule has 176 valence electrons. The van der Waals surface area contributed by atoms with Gasteiger partial charge in [-0.25, -0.2) is 16.8 Å². The first-order valence-corrected chi connectivity index (χ1v) is 13.4. The number of hydrogen-bond acceptors (Lipinski definition) is 6. The molecule has 2 aromatic rings. The number of carbonyl (C=O) groups excluding carboxylic acids is 1. The van der Waals surface area contributed by atoms with Crippen LogP contribution in [0.25, 0.3) is 0 Å². The Hall–Kier alpha value is -2.78. The molecule has 1 aliphatic rings. The molecule has 0 unspecified atom stereocenters. The van der Waals surface area contributed by atoms with Gasteiger partial charge in [0.05, 0.1) is 15.4 Å². The van der Waals surface area contributed by atoms with Crippen LogP contribution >= 0.6 is 0 Å². The molecule has 3 rings (SSSR count). The molecule has 9 nitrogen and oxygen atoms in total. The number of sulfonamides is 2. The minimum Gasteiger partial charge on any atom is -0.339 e. The summed E-state index contributed by atoms with van der Waals surface area (Å²) in [5, 5.41) is 9.22. The number of amides is 1. The van der Waals surface area contributed by atoms with Crippen molar-refractivity contribution >= 4 is 26.0 Å². The lowest BCUT2D eigenvalue weighted by Gasteiger charge is -2.33. The molecule has 0 aliphatic carbocycles. The van der Waals surface area contributed by atoms with Gasteiger partial charge in [0.25, 0.3) is 5.91 Å². The summed E-state index contributed by atoms with van der Waals surface area (Å²) in [4.78, 5) is 14.1. The van der Waals surface area contributed by atoms with E-state index in [4.69, 9.17) is 0 Å². The number of piperazine rings is 1. The maximum absolute atomic E-state index is 13.1. The van der Waals surface area contributed by atoms with Crippen LogP contribution in [-0.2, 0) is 20.0 Å². The molecular formula is C22H26N4O5S2. The molecule has 0 aromatic heterocycles. The molecule has 0 saturated carbocycles. The van der Waals surface area contributed by atoms with Crippen LogP contribution in [0.3, 0.4) is 0 Å². The van der Waals surface area contributed by atoms with Crippen LogP contribution in [0.2, 0.25) is 0 Å². The fourth-order valence-corrected chi connectivity index (χ4v) is 6.67. The van der Waals surface area contributed by atoms with Gasteiger partial charge in [0, 0.05) is 44.8 Å². The summed E-state index contributed by atoms with van der Waals surface area (Å²) in [7, 11) is -7.77. The molecule has 0 N–H and O–H groups in total. The normalized spacial score (nSPS) is 15.7. The van der Waals surface area contributed by atoms with E-state index in [9.17, 15) is 26.9 Å². The Kier molecular flexibility index (Phi) is 7.54. The number of hydrogen-bond donors (Lipinski definition) is 0. The second kappa shape index (κ2) is 10.0. The van der Waals surface area contributed by atoms with Crippen LogP contribution < -0.4 is 0 Å². The third kappa shape index (κ3) is 4.94. The zero-order valence-electron chi connectivity index (χ0n) is 18.5. The van der Waals surface area contributed by atoms with Crippen LogP contribution in [-0.4, -0.2) is 75.5 Å². The largest absolute Gasteiger partial charge is 0.339 e. The fraction of sp³-hybridized carbons (Fsp3) is 0.364. The highest BCUT2D eigenvalue weighted by molar-refractivity contribution is 7.89. The van der Waals surface area contributed by atoms with E-state index in [0.717, 1.165) is 0 Å². The summed E-state index contributed by atoms with van der Waals surface area (Å²) in [5.41, 5.74) is 0.455. The maximum Gasteiger partial charge on any atom is 0.253 e. The van der Waals surface area contributed by atoms with Gasteiger partial charge in [-0.2, -0.15) is 13.9 Å². The molecule has 33 heavy (non-hydrogen) atoms. The third-order valence-electron chi connectivity index (χ3n) is 5.61. The van der Waals surface area contributed by atoms with Gasteiger partial charge in [-0.3, -0.25) is 4.79 Å². The number of nitrogens with zero attached hydrogens (tertiary/aromatic N) is 4. The van der Waals surface area contributed by atoms with Gasteiger partial charge in [0.2, 0.25) is 20.0 Å². The maximum atomic E-state index is 13.1. The molecular weight excluding hydrogens is 464 g/mol. The van der Waals surface area contributed by atoms with Crippen LogP contribution in [0.1, 0.15) is 29.8 Å². The lowest BCUT2D eigenvalue weighted by molar-refractivity contribution is 0.0773. The van der Waals surface area contributed by atoms with E-state index in [2.05, 4.69) is 0 Å². The predicted octanol–water partition coefficient (Wildman–Crippen LogP) is 1.74. The molecule has 1 saturated heterocycles. The van der Waals surface area contributed by atoms with Gasteiger partial charge in [0.15, 0.2) is 0 Å². The highest BCUT2D eigenvalue weighted by atomic mass is 32.2. The fourth-order valence-electron chi connectivity index (χ4n) is 3.69. The lowest BCUT2D eigenvalue weighted by Crippen LogP contribution is -2.50. The average molecular weight is 491 g/mol. The van der Waals surface area contributed by atoms with Crippen molar-refractivity contribution in [2.24, 2.45) is 0 Å². The molecule has 0 radical (unpaired) electrons. The number of nitriles is 1. The van der Waals surface area contributed by atoms with E-state index in [1.54, 1.807) is 17.0 Å². The van der Waals surface area contributed by atoms with Crippen LogP contribution in [0, 0.1) is 11.3 Å². The molecule has 1 fully saturated rings. The van der Waals surface area contributed by atoms with E-state index >= 15 is 0 Å². The summed E-state index contributed by atoms with van der Waals surface area (Å²) in [6.45, 7) is 4.77. The van der Waals surface area contributed by atoms with Crippen molar-refractivity contribution in [1.82, 2.24) is 13.5 Å². The summed E-state index contributed by atoms with van der Waals surface area (Å²) in [6.07, 6.45) is 0. The van der Waals surface area contributed by atoms with Crippen molar-refractivity contribution in [2.45, 2.75) is 23.6 Å². The van der Waals surface area contributed by atoms with Crippen molar-refractivity contribution in [3.8, 4) is 6.07 Å². The van der Waals surface area contributed by atoms with Crippen molar-refractivity contribution in [1.29, 1.82) is 5.26 Å². The van der Waals surface area contributed by atoms with Crippen molar-refractivity contribution in [3.05, 3.63) is 59.7 Å². The zero-order valence-corrected chi connectivity index (χ0v) is 20.1. The molecule has 0 bridgehead atoms. The van der Waals surface area contributed by atoms with E-state index in [-0.39, 0.29) is 47.4 Å². The second-order valence-electron chi connectivity index (χ2n) is 7.42. The van der Waals surface area contributed by atoms with Gasteiger partial charge in [0.1, 0.15) is 6.07 Å². The Morgan fingerprint density at radius 1 is 0.879 bits per heavy atom. The first-order valence-electron chi connectivity index (χ1n) is 10.6. The monoisotopic (exact) mass is 490 g/mol.